The lowest BCUT2D eigenvalue weighted by atomic mass is 10.1. The molecule has 128 valence electrons. The minimum atomic E-state index is -0.117. The molecule has 1 heterocycles. The summed E-state index contributed by atoms with van der Waals surface area (Å²) in [5, 5.41) is 9.91. The number of ether oxygens (including phenoxy) is 1. The maximum Gasteiger partial charge on any atom is 0.260 e. The fourth-order valence-electron chi connectivity index (χ4n) is 2.52. The van der Waals surface area contributed by atoms with Gasteiger partial charge in [0, 0.05) is 17.7 Å². The Morgan fingerprint density at radius 3 is 2.68 bits per heavy atom. The minimum Gasteiger partial charge on any atom is -0.497 e. The molecule has 0 saturated carbocycles. The number of hydrogen-bond acceptors (Lipinski definition) is 5. The lowest BCUT2D eigenvalue weighted by molar-refractivity contribution is 0.0988. The fourth-order valence-corrected chi connectivity index (χ4v) is 3.52. The summed E-state index contributed by atoms with van der Waals surface area (Å²) in [5.41, 5.74) is 2.73. The van der Waals surface area contributed by atoms with Crippen LogP contribution in [0.3, 0.4) is 0 Å². The molecule has 2 aromatic carbocycles. The molecule has 0 unspecified atom stereocenters. The molecule has 1 aromatic heterocycles. The van der Waals surface area contributed by atoms with E-state index in [-0.39, 0.29) is 5.91 Å². The summed E-state index contributed by atoms with van der Waals surface area (Å²) >= 11 is 1.42. The minimum absolute atomic E-state index is 0.117. The molecule has 0 aliphatic heterocycles. The van der Waals surface area contributed by atoms with Crippen LogP contribution in [-0.2, 0) is 0 Å². The molecule has 3 aromatic rings. The second-order valence-electron chi connectivity index (χ2n) is 5.49. The van der Waals surface area contributed by atoms with Gasteiger partial charge in [-0.05, 0) is 37.6 Å². The Labute approximate surface area is 150 Å². The van der Waals surface area contributed by atoms with Gasteiger partial charge in [0.05, 0.1) is 7.11 Å². The summed E-state index contributed by atoms with van der Waals surface area (Å²) in [5.74, 6) is 0.536. The number of aromatic nitrogens is 2. The first-order valence-electron chi connectivity index (χ1n) is 7.99. The molecule has 0 bridgehead atoms. The van der Waals surface area contributed by atoms with Crippen LogP contribution in [0.1, 0.15) is 22.8 Å². The van der Waals surface area contributed by atoms with Crippen molar-refractivity contribution in [3.8, 4) is 16.3 Å². The van der Waals surface area contributed by atoms with E-state index in [4.69, 9.17) is 4.74 Å². The van der Waals surface area contributed by atoms with Crippen molar-refractivity contribution in [2.24, 2.45) is 0 Å². The number of hydrogen-bond donors (Lipinski definition) is 0. The average Bonchev–Trinajstić information content (AvgIpc) is 3.12. The highest BCUT2D eigenvalue weighted by atomic mass is 32.1. The topological polar surface area (TPSA) is 55.3 Å². The predicted octanol–water partition coefficient (Wildman–Crippen LogP) is 4.19. The summed E-state index contributed by atoms with van der Waals surface area (Å²) < 4.78 is 5.20. The van der Waals surface area contributed by atoms with Crippen molar-refractivity contribution in [3.63, 3.8) is 0 Å². The molecule has 25 heavy (non-hydrogen) atoms. The van der Waals surface area contributed by atoms with Crippen molar-refractivity contribution in [1.82, 2.24) is 10.2 Å². The lowest BCUT2D eigenvalue weighted by Gasteiger charge is -2.17. The van der Waals surface area contributed by atoms with Crippen LogP contribution in [0, 0.1) is 6.92 Å². The van der Waals surface area contributed by atoms with Crippen LogP contribution < -0.4 is 9.64 Å². The Morgan fingerprint density at radius 2 is 1.96 bits per heavy atom. The molecule has 6 heteroatoms. The first-order chi connectivity index (χ1) is 12.1. The normalized spacial score (nSPS) is 10.5. The van der Waals surface area contributed by atoms with Gasteiger partial charge in [-0.15, -0.1) is 10.2 Å². The lowest BCUT2D eigenvalue weighted by Crippen LogP contribution is -2.30. The van der Waals surface area contributed by atoms with Gasteiger partial charge in [-0.1, -0.05) is 41.7 Å². The standard InChI is InChI=1S/C19H19N3O2S/c1-4-22(18(23)14-9-7-10-15(12-14)24-3)19-21-20-17(25-19)16-11-6-5-8-13(16)2/h5-12H,4H2,1-3H3. The molecule has 0 atom stereocenters. The monoisotopic (exact) mass is 353 g/mol. The van der Waals surface area contributed by atoms with Crippen LogP contribution in [0.5, 0.6) is 5.75 Å². The van der Waals surface area contributed by atoms with Gasteiger partial charge in [-0.2, -0.15) is 0 Å². The zero-order chi connectivity index (χ0) is 17.8. The van der Waals surface area contributed by atoms with Crippen molar-refractivity contribution in [2.75, 3.05) is 18.6 Å². The molecule has 0 radical (unpaired) electrons. The first kappa shape index (κ1) is 17.1. The van der Waals surface area contributed by atoms with Crippen molar-refractivity contribution < 1.29 is 9.53 Å². The number of anilines is 1. The van der Waals surface area contributed by atoms with Crippen LogP contribution in [0.15, 0.2) is 48.5 Å². The molecular weight excluding hydrogens is 334 g/mol. The van der Waals surface area contributed by atoms with Gasteiger partial charge in [0.25, 0.3) is 5.91 Å². The van der Waals surface area contributed by atoms with Gasteiger partial charge in [0.1, 0.15) is 10.8 Å². The van der Waals surface area contributed by atoms with E-state index in [2.05, 4.69) is 10.2 Å². The molecule has 0 saturated heterocycles. The molecule has 0 N–H and O–H groups in total. The van der Waals surface area contributed by atoms with E-state index in [0.29, 0.717) is 23.0 Å². The average molecular weight is 353 g/mol. The van der Waals surface area contributed by atoms with Crippen LogP contribution in [0.4, 0.5) is 5.13 Å². The Balaban J connectivity index is 1.91. The summed E-state index contributed by atoms with van der Waals surface area (Å²) in [6.45, 7) is 4.47. The number of aryl methyl sites for hydroxylation is 1. The number of carbonyl (C=O) groups is 1. The zero-order valence-corrected chi connectivity index (χ0v) is 15.2. The number of nitrogens with zero attached hydrogens (tertiary/aromatic N) is 3. The highest BCUT2D eigenvalue weighted by Gasteiger charge is 2.21. The van der Waals surface area contributed by atoms with Crippen molar-refractivity contribution in [3.05, 3.63) is 59.7 Å². The molecule has 1 amide bonds. The highest BCUT2D eigenvalue weighted by Crippen LogP contribution is 2.31. The number of benzene rings is 2. The zero-order valence-electron chi connectivity index (χ0n) is 14.4. The van der Waals surface area contributed by atoms with Crippen LogP contribution >= 0.6 is 11.3 Å². The molecule has 0 aliphatic carbocycles. The fraction of sp³-hybridized carbons (Fsp3) is 0.211. The van der Waals surface area contributed by atoms with E-state index in [1.54, 1.807) is 30.2 Å². The van der Waals surface area contributed by atoms with Crippen LogP contribution in [0.2, 0.25) is 0 Å². The summed E-state index contributed by atoms with van der Waals surface area (Å²) in [6, 6.07) is 15.1. The highest BCUT2D eigenvalue weighted by molar-refractivity contribution is 7.18. The Morgan fingerprint density at radius 1 is 1.16 bits per heavy atom. The Hall–Kier alpha value is -2.73. The first-order valence-corrected chi connectivity index (χ1v) is 8.81. The summed E-state index contributed by atoms with van der Waals surface area (Å²) in [6.07, 6.45) is 0. The van der Waals surface area contributed by atoms with Gasteiger partial charge in [-0.25, -0.2) is 0 Å². The smallest absolute Gasteiger partial charge is 0.260 e. The van der Waals surface area contributed by atoms with E-state index >= 15 is 0 Å². The predicted molar refractivity (Wildman–Crippen MR) is 100 cm³/mol. The number of rotatable bonds is 5. The second-order valence-corrected chi connectivity index (χ2v) is 6.44. The Bertz CT molecular complexity index is 892. The molecule has 0 aliphatic rings. The van der Waals surface area contributed by atoms with Crippen molar-refractivity contribution >= 4 is 22.4 Å². The molecule has 3 rings (SSSR count). The van der Waals surface area contributed by atoms with E-state index in [1.165, 1.54) is 11.3 Å². The SMILES string of the molecule is CCN(C(=O)c1cccc(OC)c1)c1nnc(-c2ccccc2C)s1. The van der Waals surface area contributed by atoms with Gasteiger partial charge < -0.3 is 4.74 Å². The van der Waals surface area contributed by atoms with Gasteiger partial charge >= 0.3 is 0 Å². The quantitative estimate of drug-likeness (QED) is 0.690. The largest absolute Gasteiger partial charge is 0.497 e. The van der Waals surface area contributed by atoms with E-state index in [1.807, 2.05) is 44.2 Å². The Kier molecular flexibility index (Phi) is 5.09. The third-order valence-electron chi connectivity index (χ3n) is 3.90. The summed E-state index contributed by atoms with van der Waals surface area (Å²) in [7, 11) is 1.58. The molecular formula is C19H19N3O2S. The van der Waals surface area contributed by atoms with E-state index in [0.717, 1.165) is 16.1 Å². The molecule has 5 nitrogen and oxygen atoms in total. The van der Waals surface area contributed by atoms with Crippen LogP contribution in [-0.4, -0.2) is 29.8 Å². The van der Waals surface area contributed by atoms with E-state index < -0.39 is 0 Å². The third kappa shape index (κ3) is 3.53. The van der Waals surface area contributed by atoms with Crippen LogP contribution in [0.25, 0.3) is 10.6 Å². The second kappa shape index (κ2) is 7.44. The van der Waals surface area contributed by atoms with Crippen molar-refractivity contribution in [1.29, 1.82) is 0 Å². The van der Waals surface area contributed by atoms with E-state index in [9.17, 15) is 4.79 Å². The molecule has 0 fully saturated rings. The van der Waals surface area contributed by atoms with Crippen molar-refractivity contribution in [2.45, 2.75) is 13.8 Å². The maximum atomic E-state index is 12.9. The number of methoxy groups -OCH3 is 1. The van der Waals surface area contributed by atoms with Gasteiger partial charge in [0.2, 0.25) is 5.13 Å². The number of carbonyl (C=O) groups excluding carboxylic acids is 1. The summed E-state index contributed by atoms with van der Waals surface area (Å²) in [4.78, 5) is 14.5. The number of amides is 1. The maximum absolute atomic E-state index is 12.9. The van der Waals surface area contributed by atoms with Gasteiger partial charge in [0.15, 0.2) is 0 Å². The van der Waals surface area contributed by atoms with Gasteiger partial charge in [-0.3, -0.25) is 9.69 Å². The molecule has 0 spiro atoms. The third-order valence-corrected chi connectivity index (χ3v) is 4.88.